The molecule has 0 bridgehead atoms. The third kappa shape index (κ3) is 4.87. The molecule has 1 fully saturated rings. The maximum Gasteiger partial charge on any atom is 0.244 e. The topological polar surface area (TPSA) is 50.2 Å². The van der Waals surface area contributed by atoms with Gasteiger partial charge in [0.2, 0.25) is 5.91 Å². The van der Waals surface area contributed by atoms with Crippen LogP contribution in [0.15, 0.2) is 23.6 Å². The molecule has 0 saturated carbocycles. The van der Waals surface area contributed by atoms with Crippen molar-refractivity contribution in [2.45, 2.75) is 39.7 Å². The molecule has 1 unspecified atom stereocenters. The second-order valence-corrected chi connectivity index (χ2v) is 8.52. The Morgan fingerprint density at radius 3 is 2.74 bits per heavy atom. The minimum absolute atomic E-state index is 0.0513. The van der Waals surface area contributed by atoms with E-state index in [-0.39, 0.29) is 11.9 Å². The van der Waals surface area contributed by atoms with Crippen molar-refractivity contribution in [3.63, 3.8) is 0 Å². The van der Waals surface area contributed by atoms with Crippen LogP contribution in [0.1, 0.15) is 47.6 Å². The maximum atomic E-state index is 12.4. The van der Waals surface area contributed by atoms with Gasteiger partial charge in [-0.1, -0.05) is 13.0 Å². The molecule has 27 heavy (non-hydrogen) atoms. The first-order valence-electron chi connectivity index (χ1n) is 9.69. The lowest BCUT2D eigenvalue weighted by molar-refractivity contribution is -0.116. The highest BCUT2D eigenvalue weighted by molar-refractivity contribution is 7.10. The standard InChI is InChI=1S/C21H30N4OS/c1-15-9-11-25(12-10-15)19(20-6-5-13-27-20)14-22-21(26)8-7-18-16(2)23-24(4)17(18)3/h5-8,13,15,19H,9-12,14H2,1-4H3,(H,22,26)/b8-7+. The van der Waals surface area contributed by atoms with Crippen LogP contribution in [0.4, 0.5) is 0 Å². The number of rotatable bonds is 6. The number of hydrogen-bond donors (Lipinski definition) is 1. The van der Waals surface area contributed by atoms with Crippen LogP contribution in [0.5, 0.6) is 0 Å². The molecule has 1 amide bonds. The summed E-state index contributed by atoms with van der Waals surface area (Å²) in [5, 5.41) is 9.62. The number of nitrogens with zero attached hydrogens (tertiary/aromatic N) is 3. The Hall–Kier alpha value is -1.92. The summed E-state index contributed by atoms with van der Waals surface area (Å²) in [5.41, 5.74) is 3.03. The van der Waals surface area contributed by atoms with Crippen LogP contribution in [0.2, 0.25) is 0 Å². The van der Waals surface area contributed by atoms with Crippen LogP contribution in [0.3, 0.4) is 0 Å². The van der Waals surface area contributed by atoms with Crippen molar-refractivity contribution in [2.24, 2.45) is 13.0 Å². The lowest BCUT2D eigenvalue weighted by Crippen LogP contribution is -2.41. The summed E-state index contributed by atoms with van der Waals surface area (Å²) >= 11 is 1.77. The van der Waals surface area contributed by atoms with Gasteiger partial charge in [0.25, 0.3) is 0 Å². The zero-order valence-corrected chi connectivity index (χ0v) is 17.6. The molecule has 2 aromatic rings. The van der Waals surface area contributed by atoms with E-state index in [1.807, 2.05) is 31.7 Å². The van der Waals surface area contributed by atoms with Crippen LogP contribution in [-0.4, -0.2) is 40.2 Å². The summed E-state index contributed by atoms with van der Waals surface area (Å²) in [6.07, 6.45) is 5.96. The number of carbonyl (C=O) groups is 1. The summed E-state index contributed by atoms with van der Waals surface area (Å²) in [6.45, 7) is 9.15. The van der Waals surface area contributed by atoms with Crippen molar-refractivity contribution >= 4 is 23.3 Å². The lowest BCUT2D eigenvalue weighted by atomic mass is 9.97. The first-order chi connectivity index (χ1) is 13.0. The van der Waals surface area contributed by atoms with E-state index in [4.69, 9.17) is 0 Å². The Balaban J connectivity index is 1.63. The van der Waals surface area contributed by atoms with Gasteiger partial charge < -0.3 is 5.32 Å². The fourth-order valence-corrected chi connectivity index (χ4v) is 4.54. The highest BCUT2D eigenvalue weighted by atomic mass is 32.1. The van der Waals surface area contributed by atoms with E-state index in [1.165, 1.54) is 17.7 Å². The molecule has 3 rings (SSSR count). The van der Waals surface area contributed by atoms with Crippen molar-refractivity contribution in [1.82, 2.24) is 20.0 Å². The van der Waals surface area contributed by atoms with Crippen molar-refractivity contribution < 1.29 is 4.79 Å². The zero-order valence-electron chi connectivity index (χ0n) is 16.7. The van der Waals surface area contributed by atoms with Gasteiger partial charge in [-0.05, 0) is 63.2 Å². The van der Waals surface area contributed by atoms with Crippen molar-refractivity contribution in [3.05, 3.63) is 45.4 Å². The number of piperidine rings is 1. The van der Waals surface area contributed by atoms with Gasteiger partial charge in [-0.25, -0.2) is 0 Å². The third-order valence-electron chi connectivity index (χ3n) is 5.57. The van der Waals surface area contributed by atoms with Gasteiger partial charge in [0.15, 0.2) is 0 Å². The number of likely N-dealkylation sites (tertiary alicyclic amines) is 1. The number of amides is 1. The number of aromatic nitrogens is 2. The number of hydrogen-bond acceptors (Lipinski definition) is 4. The molecule has 0 aromatic carbocycles. The summed E-state index contributed by atoms with van der Waals surface area (Å²) in [6, 6.07) is 4.53. The molecular formula is C21H30N4OS. The molecular weight excluding hydrogens is 356 g/mol. The fourth-order valence-electron chi connectivity index (χ4n) is 3.68. The number of thiophene rings is 1. The molecule has 3 heterocycles. The van der Waals surface area contributed by atoms with Crippen LogP contribution in [0.25, 0.3) is 6.08 Å². The molecule has 146 valence electrons. The molecule has 1 N–H and O–H groups in total. The highest BCUT2D eigenvalue weighted by Gasteiger charge is 2.25. The molecule has 6 heteroatoms. The minimum atomic E-state index is -0.0513. The minimum Gasteiger partial charge on any atom is -0.351 e. The Morgan fingerprint density at radius 2 is 2.15 bits per heavy atom. The van der Waals surface area contributed by atoms with Crippen LogP contribution in [-0.2, 0) is 11.8 Å². The van der Waals surface area contributed by atoms with Gasteiger partial charge in [0.05, 0.1) is 11.7 Å². The molecule has 1 aliphatic rings. The summed E-state index contributed by atoms with van der Waals surface area (Å²) in [4.78, 5) is 16.3. The third-order valence-corrected chi connectivity index (χ3v) is 6.54. The molecule has 1 saturated heterocycles. The molecule has 0 radical (unpaired) electrons. The van der Waals surface area contributed by atoms with Crippen LogP contribution < -0.4 is 5.32 Å². The van der Waals surface area contributed by atoms with E-state index in [0.717, 1.165) is 36.0 Å². The average Bonchev–Trinajstić information content (AvgIpc) is 3.25. The molecule has 0 aliphatic carbocycles. The van der Waals surface area contributed by atoms with E-state index in [9.17, 15) is 4.79 Å². The van der Waals surface area contributed by atoms with Gasteiger partial charge in [0.1, 0.15) is 0 Å². The molecule has 5 nitrogen and oxygen atoms in total. The second-order valence-electron chi connectivity index (χ2n) is 7.54. The normalized spacial score (nSPS) is 17.5. The van der Waals surface area contributed by atoms with Crippen molar-refractivity contribution in [1.29, 1.82) is 0 Å². The van der Waals surface area contributed by atoms with E-state index >= 15 is 0 Å². The fraction of sp³-hybridized carbons (Fsp3) is 0.524. The monoisotopic (exact) mass is 386 g/mol. The Kier molecular flexibility index (Phi) is 6.50. The van der Waals surface area contributed by atoms with Gasteiger partial charge in [-0.15, -0.1) is 11.3 Å². The highest BCUT2D eigenvalue weighted by Crippen LogP contribution is 2.29. The first kappa shape index (κ1) is 19.8. The number of carbonyl (C=O) groups excluding carboxylic acids is 1. The predicted octanol–water partition coefficient (Wildman–Crippen LogP) is 3.70. The van der Waals surface area contributed by atoms with Gasteiger partial charge in [0, 0.05) is 35.8 Å². The van der Waals surface area contributed by atoms with Gasteiger partial charge >= 0.3 is 0 Å². The smallest absolute Gasteiger partial charge is 0.244 e. The predicted molar refractivity (Wildman–Crippen MR) is 112 cm³/mol. The first-order valence-corrected chi connectivity index (χ1v) is 10.6. The van der Waals surface area contributed by atoms with E-state index < -0.39 is 0 Å². The SMILES string of the molecule is Cc1nn(C)c(C)c1/C=C/C(=O)NCC(c1cccs1)N1CCC(C)CC1. The zero-order chi connectivity index (χ0) is 19.4. The average molecular weight is 387 g/mol. The second kappa shape index (κ2) is 8.85. The summed E-state index contributed by atoms with van der Waals surface area (Å²) in [5.74, 6) is 0.748. The Morgan fingerprint density at radius 1 is 1.41 bits per heavy atom. The molecule has 2 aromatic heterocycles. The van der Waals surface area contributed by atoms with Crippen molar-refractivity contribution in [2.75, 3.05) is 19.6 Å². The number of nitrogens with one attached hydrogen (secondary N) is 1. The van der Waals surface area contributed by atoms with Gasteiger partial charge in [-0.3, -0.25) is 14.4 Å². The Bertz CT molecular complexity index is 785. The van der Waals surface area contributed by atoms with Gasteiger partial charge in [-0.2, -0.15) is 5.10 Å². The molecule has 1 atom stereocenters. The molecule has 1 aliphatic heterocycles. The lowest BCUT2D eigenvalue weighted by Gasteiger charge is -2.36. The van der Waals surface area contributed by atoms with Crippen LogP contribution >= 0.6 is 11.3 Å². The molecule has 0 spiro atoms. The Labute approximate surface area is 166 Å². The quantitative estimate of drug-likeness (QED) is 0.770. The van der Waals surface area contributed by atoms with E-state index in [0.29, 0.717) is 6.54 Å². The summed E-state index contributed by atoms with van der Waals surface area (Å²) in [7, 11) is 1.92. The summed E-state index contributed by atoms with van der Waals surface area (Å²) < 4.78 is 1.84. The van der Waals surface area contributed by atoms with E-state index in [2.05, 4.69) is 39.8 Å². The van der Waals surface area contributed by atoms with E-state index in [1.54, 1.807) is 17.4 Å². The van der Waals surface area contributed by atoms with Crippen LogP contribution in [0, 0.1) is 19.8 Å². The largest absolute Gasteiger partial charge is 0.351 e. The maximum absolute atomic E-state index is 12.4. The number of aryl methyl sites for hydroxylation is 2. The van der Waals surface area contributed by atoms with Crippen molar-refractivity contribution in [3.8, 4) is 0 Å².